The molecule has 6 nitrogen and oxygen atoms in total. The number of carbonyl (C=O) groups excluding carboxylic acids is 2. The first kappa shape index (κ1) is 17.6. The summed E-state index contributed by atoms with van der Waals surface area (Å²) in [4.78, 5) is 28.1. The Morgan fingerprint density at radius 1 is 1.21 bits per heavy atom. The molecule has 126 valence electrons. The molecule has 0 aliphatic rings. The standard InChI is InChI=1S/C18H20N2O4/c1-18(2,3)16(19)15(22)11-6-7-14(13(21)9-11)24-17(23)12-5-4-8-20-10-12/h4-10,16,21H,19H2,1-3H3. The van der Waals surface area contributed by atoms with Gasteiger partial charge in [-0.05, 0) is 35.7 Å². The fourth-order valence-corrected chi connectivity index (χ4v) is 1.97. The second-order valence-corrected chi connectivity index (χ2v) is 6.52. The molecule has 1 atom stereocenters. The third-order valence-corrected chi connectivity index (χ3v) is 3.56. The maximum absolute atomic E-state index is 12.3. The van der Waals surface area contributed by atoms with Gasteiger partial charge in [-0.25, -0.2) is 4.79 Å². The van der Waals surface area contributed by atoms with Crippen LogP contribution in [-0.4, -0.2) is 27.9 Å². The van der Waals surface area contributed by atoms with E-state index >= 15 is 0 Å². The number of rotatable bonds is 4. The Balaban J connectivity index is 2.18. The average molecular weight is 328 g/mol. The van der Waals surface area contributed by atoms with Crippen molar-refractivity contribution in [1.29, 1.82) is 0 Å². The van der Waals surface area contributed by atoms with Crippen LogP contribution in [0.5, 0.6) is 11.5 Å². The third-order valence-electron chi connectivity index (χ3n) is 3.56. The highest BCUT2D eigenvalue weighted by Gasteiger charge is 2.28. The monoisotopic (exact) mass is 328 g/mol. The summed E-state index contributed by atoms with van der Waals surface area (Å²) in [5.41, 5.74) is 6.06. The Morgan fingerprint density at radius 2 is 1.92 bits per heavy atom. The van der Waals surface area contributed by atoms with Crippen molar-refractivity contribution >= 4 is 11.8 Å². The quantitative estimate of drug-likeness (QED) is 0.508. The highest BCUT2D eigenvalue weighted by molar-refractivity contribution is 6.01. The molecule has 24 heavy (non-hydrogen) atoms. The number of nitrogens with zero attached hydrogens (tertiary/aromatic N) is 1. The van der Waals surface area contributed by atoms with Crippen LogP contribution in [0.15, 0.2) is 42.7 Å². The predicted octanol–water partition coefficient (Wildman–Crippen LogP) is 2.56. The maximum Gasteiger partial charge on any atom is 0.345 e. The number of aromatic nitrogens is 1. The molecule has 1 heterocycles. The molecule has 0 fully saturated rings. The largest absolute Gasteiger partial charge is 0.504 e. The van der Waals surface area contributed by atoms with Crippen molar-refractivity contribution in [2.45, 2.75) is 26.8 Å². The van der Waals surface area contributed by atoms with Crippen molar-refractivity contribution in [2.24, 2.45) is 11.1 Å². The summed E-state index contributed by atoms with van der Waals surface area (Å²) < 4.78 is 5.12. The number of pyridine rings is 1. The molecule has 1 aromatic heterocycles. The third kappa shape index (κ3) is 3.97. The molecule has 0 radical (unpaired) electrons. The SMILES string of the molecule is CC(C)(C)C(N)C(=O)c1ccc(OC(=O)c2cccnc2)c(O)c1. The lowest BCUT2D eigenvalue weighted by molar-refractivity contribution is 0.0729. The first-order chi connectivity index (χ1) is 11.2. The first-order valence-electron chi connectivity index (χ1n) is 7.45. The van der Waals surface area contributed by atoms with E-state index in [1.807, 2.05) is 20.8 Å². The molecule has 2 rings (SSSR count). The van der Waals surface area contributed by atoms with Crippen molar-refractivity contribution < 1.29 is 19.4 Å². The first-order valence-corrected chi connectivity index (χ1v) is 7.45. The second-order valence-electron chi connectivity index (χ2n) is 6.52. The van der Waals surface area contributed by atoms with Gasteiger partial charge in [-0.3, -0.25) is 9.78 Å². The lowest BCUT2D eigenvalue weighted by atomic mass is 9.83. The number of benzene rings is 1. The van der Waals surface area contributed by atoms with Gasteiger partial charge in [-0.2, -0.15) is 0 Å². The number of Topliss-reactive ketones (excluding diaryl/α,β-unsaturated/α-hetero) is 1. The van der Waals surface area contributed by atoms with Crippen molar-refractivity contribution in [1.82, 2.24) is 4.98 Å². The molecule has 0 aliphatic heterocycles. The van der Waals surface area contributed by atoms with Gasteiger partial charge in [0, 0.05) is 18.0 Å². The maximum atomic E-state index is 12.3. The zero-order chi connectivity index (χ0) is 17.9. The number of aromatic hydroxyl groups is 1. The van der Waals surface area contributed by atoms with Gasteiger partial charge in [0.15, 0.2) is 17.3 Å². The fraction of sp³-hybridized carbons (Fsp3) is 0.278. The summed E-state index contributed by atoms with van der Waals surface area (Å²) >= 11 is 0. The topological polar surface area (TPSA) is 103 Å². The molecule has 1 unspecified atom stereocenters. The Bertz CT molecular complexity index is 751. The Morgan fingerprint density at radius 3 is 2.46 bits per heavy atom. The van der Waals surface area contributed by atoms with E-state index in [-0.39, 0.29) is 28.4 Å². The number of phenolic OH excluding ortho intramolecular Hbond substituents is 1. The predicted molar refractivity (Wildman–Crippen MR) is 89.1 cm³/mol. The summed E-state index contributed by atoms with van der Waals surface area (Å²) in [5, 5.41) is 10.0. The summed E-state index contributed by atoms with van der Waals surface area (Å²) in [7, 11) is 0. The number of nitrogens with two attached hydrogens (primary N) is 1. The van der Waals surface area contributed by atoms with Crippen LogP contribution in [0.3, 0.4) is 0 Å². The minimum absolute atomic E-state index is 0.0373. The molecule has 0 spiro atoms. The minimum atomic E-state index is -0.708. The highest BCUT2D eigenvalue weighted by atomic mass is 16.5. The fourth-order valence-electron chi connectivity index (χ4n) is 1.97. The van der Waals surface area contributed by atoms with Gasteiger partial charge in [0.1, 0.15) is 0 Å². The zero-order valence-electron chi connectivity index (χ0n) is 13.8. The van der Waals surface area contributed by atoms with Crippen LogP contribution in [0.25, 0.3) is 0 Å². The van der Waals surface area contributed by atoms with Crippen LogP contribution >= 0.6 is 0 Å². The van der Waals surface area contributed by atoms with E-state index in [2.05, 4.69) is 4.98 Å². The van der Waals surface area contributed by atoms with Crippen molar-refractivity contribution in [3.8, 4) is 11.5 Å². The van der Waals surface area contributed by atoms with Gasteiger partial charge in [-0.1, -0.05) is 20.8 Å². The Hall–Kier alpha value is -2.73. The molecule has 0 saturated carbocycles. The van der Waals surface area contributed by atoms with Crippen LogP contribution in [0.1, 0.15) is 41.5 Å². The van der Waals surface area contributed by atoms with Gasteiger partial charge in [-0.15, -0.1) is 0 Å². The van der Waals surface area contributed by atoms with E-state index in [1.165, 1.54) is 30.6 Å². The van der Waals surface area contributed by atoms with Crippen LogP contribution in [0, 0.1) is 5.41 Å². The number of phenols is 1. The van der Waals surface area contributed by atoms with Crippen LogP contribution in [0.4, 0.5) is 0 Å². The summed E-state index contributed by atoms with van der Waals surface area (Å²) in [6, 6.07) is 6.53. The van der Waals surface area contributed by atoms with Crippen molar-refractivity contribution in [3.05, 3.63) is 53.9 Å². The summed E-state index contributed by atoms with van der Waals surface area (Å²) in [5.74, 6) is -1.28. The van der Waals surface area contributed by atoms with E-state index < -0.39 is 17.4 Å². The van der Waals surface area contributed by atoms with Crippen molar-refractivity contribution in [3.63, 3.8) is 0 Å². The summed E-state index contributed by atoms with van der Waals surface area (Å²) in [6.07, 6.45) is 2.90. The average Bonchev–Trinajstić information content (AvgIpc) is 2.55. The van der Waals surface area contributed by atoms with Crippen LogP contribution < -0.4 is 10.5 Å². The molecule has 0 bridgehead atoms. The Labute approximate surface area is 140 Å². The molecule has 0 amide bonds. The molecule has 1 aromatic carbocycles. The van der Waals surface area contributed by atoms with Crippen molar-refractivity contribution in [2.75, 3.05) is 0 Å². The van der Waals surface area contributed by atoms with Gasteiger partial charge in [0.25, 0.3) is 0 Å². The van der Waals surface area contributed by atoms with E-state index in [1.54, 1.807) is 12.1 Å². The molecule has 3 N–H and O–H groups in total. The molecule has 0 aliphatic carbocycles. The van der Waals surface area contributed by atoms with Gasteiger partial charge >= 0.3 is 5.97 Å². The van der Waals surface area contributed by atoms with E-state index in [9.17, 15) is 14.7 Å². The zero-order valence-corrected chi connectivity index (χ0v) is 13.8. The van der Waals surface area contributed by atoms with Gasteiger partial charge in [0.2, 0.25) is 0 Å². The Kier molecular flexibility index (Phi) is 4.99. The van der Waals surface area contributed by atoms with Gasteiger partial charge in [0.05, 0.1) is 11.6 Å². The van der Waals surface area contributed by atoms with E-state index in [0.29, 0.717) is 0 Å². The number of hydrogen-bond donors (Lipinski definition) is 2. The number of carbonyl (C=O) groups is 2. The highest BCUT2D eigenvalue weighted by Crippen LogP contribution is 2.29. The lowest BCUT2D eigenvalue weighted by Gasteiger charge is -2.25. The lowest BCUT2D eigenvalue weighted by Crippen LogP contribution is -2.42. The molecular formula is C18H20N2O4. The second kappa shape index (κ2) is 6.80. The molecule has 6 heteroatoms. The number of esters is 1. The molecule has 0 saturated heterocycles. The van der Waals surface area contributed by atoms with Crippen LogP contribution in [-0.2, 0) is 0 Å². The smallest absolute Gasteiger partial charge is 0.345 e. The number of ether oxygens (including phenoxy) is 1. The number of hydrogen-bond acceptors (Lipinski definition) is 6. The normalized spacial score (nSPS) is 12.5. The molecular weight excluding hydrogens is 308 g/mol. The molecule has 2 aromatic rings. The minimum Gasteiger partial charge on any atom is -0.504 e. The van der Waals surface area contributed by atoms with Gasteiger partial charge < -0.3 is 15.6 Å². The van der Waals surface area contributed by atoms with Crippen LogP contribution in [0.2, 0.25) is 0 Å². The van der Waals surface area contributed by atoms with E-state index in [4.69, 9.17) is 10.5 Å². The van der Waals surface area contributed by atoms with E-state index in [0.717, 1.165) is 0 Å². The summed E-state index contributed by atoms with van der Waals surface area (Å²) in [6.45, 7) is 5.58. The number of ketones is 1.